The average Bonchev–Trinajstić information content (AvgIpc) is 2.86. The third kappa shape index (κ3) is 3.07. The minimum atomic E-state index is 0.0554. The van der Waals surface area contributed by atoms with Crippen LogP contribution in [0.15, 0.2) is 35.3 Å². The Morgan fingerprint density at radius 3 is 2.71 bits per heavy atom. The second-order valence-corrected chi connectivity index (χ2v) is 4.03. The zero-order valence-electron chi connectivity index (χ0n) is 11.5. The van der Waals surface area contributed by atoms with Crippen molar-refractivity contribution >= 4 is 12.2 Å². The number of aliphatic imine (C=N–C) groups is 1. The maximum Gasteiger partial charge on any atom is 0.177 e. The lowest BCUT2D eigenvalue weighted by Crippen LogP contribution is -1.97. The van der Waals surface area contributed by atoms with E-state index < -0.39 is 0 Å². The van der Waals surface area contributed by atoms with Crippen LogP contribution in [0.2, 0.25) is 0 Å². The molecule has 0 aliphatic heterocycles. The van der Waals surface area contributed by atoms with Gasteiger partial charge in [0.1, 0.15) is 11.6 Å². The van der Waals surface area contributed by atoms with Gasteiger partial charge in [0.15, 0.2) is 12.2 Å². The highest BCUT2D eigenvalue weighted by Gasteiger charge is 2.18. The molecule has 21 heavy (non-hydrogen) atoms. The molecule has 2 aromatic rings. The fourth-order valence-corrected chi connectivity index (χ4v) is 1.80. The Morgan fingerprint density at radius 1 is 1.33 bits per heavy atom. The predicted octanol–water partition coefficient (Wildman–Crippen LogP) is 2.51. The van der Waals surface area contributed by atoms with Gasteiger partial charge in [-0.25, -0.2) is 4.68 Å². The zero-order valence-corrected chi connectivity index (χ0v) is 11.5. The van der Waals surface area contributed by atoms with E-state index >= 15 is 0 Å². The number of para-hydroxylation sites is 1. The SMILES string of the molecule is CCO/C=N\c1c(C#N)c(CC#N)nn1-c1ccccc1. The monoisotopic (exact) mass is 279 g/mol. The first-order valence-corrected chi connectivity index (χ1v) is 6.40. The minimum absolute atomic E-state index is 0.0554. The summed E-state index contributed by atoms with van der Waals surface area (Å²) in [5.41, 5.74) is 1.46. The molecule has 2 rings (SSSR count). The van der Waals surface area contributed by atoms with E-state index in [9.17, 15) is 5.26 Å². The number of ether oxygens (including phenoxy) is 1. The van der Waals surface area contributed by atoms with Crippen LogP contribution < -0.4 is 0 Å². The molecule has 0 fully saturated rings. The van der Waals surface area contributed by atoms with Crippen molar-refractivity contribution < 1.29 is 4.74 Å². The molecular weight excluding hydrogens is 266 g/mol. The van der Waals surface area contributed by atoms with Gasteiger partial charge in [-0.15, -0.1) is 0 Å². The van der Waals surface area contributed by atoms with Gasteiger partial charge in [0.25, 0.3) is 0 Å². The highest BCUT2D eigenvalue weighted by atomic mass is 16.5. The van der Waals surface area contributed by atoms with Crippen molar-refractivity contribution in [3.63, 3.8) is 0 Å². The van der Waals surface area contributed by atoms with E-state index in [2.05, 4.69) is 16.2 Å². The van der Waals surface area contributed by atoms with Crippen molar-refractivity contribution in [3.05, 3.63) is 41.6 Å². The highest BCUT2D eigenvalue weighted by molar-refractivity contribution is 5.62. The van der Waals surface area contributed by atoms with E-state index in [1.807, 2.05) is 43.3 Å². The number of benzene rings is 1. The fourth-order valence-electron chi connectivity index (χ4n) is 1.80. The summed E-state index contributed by atoms with van der Waals surface area (Å²) in [7, 11) is 0. The van der Waals surface area contributed by atoms with Gasteiger partial charge in [-0.05, 0) is 19.1 Å². The molecule has 0 atom stereocenters. The molecule has 0 saturated carbocycles. The molecule has 0 amide bonds. The van der Waals surface area contributed by atoms with Crippen molar-refractivity contribution in [2.24, 2.45) is 4.99 Å². The van der Waals surface area contributed by atoms with Gasteiger partial charge < -0.3 is 4.74 Å². The van der Waals surface area contributed by atoms with E-state index in [0.29, 0.717) is 18.1 Å². The van der Waals surface area contributed by atoms with Crippen molar-refractivity contribution in [3.8, 4) is 17.8 Å². The van der Waals surface area contributed by atoms with Crippen LogP contribution in [0.25, 0.3) is 5.69 Å². The van der Waals surface area contributed by atoms with Gasteiger partial charge in [0, 0.05) is 0 Å². The van der Waals surface area contributed by atoms with Gasteiger partial charge in [-0.2, -0.15) is 20.6 Å². The molecule has 1 heterocycles. The van der Waals surface area contributed by atoms with Gasteiger partial charge in [0.05, 0.1) is 30.5 Å². The molecular formula is C15H13N5O. The molecule has 6 heteroatoms. The summed E-state index contributed by atoms with van der Waals surface area (Å²) in [6, 6.07) is 13.4. The van der Waals surface area contributed by atoms with Crippen LogP contribution in [0.1, 0.15) is 18.2 Å². The summed E-state index contributed by atoms with van der Waals surface area (Å²) in [6.45, 7) is 2.32. The molecule has 1 aromatic carbocycles. The van der Waals surface area contributed by atoms with Crippen molar-refractivity contribution in [1.82, 2.24) is 9.78 Å². The molecule has 0 unspecified atom stereocenters. The summed E-state index contributed by atoms with van der Waals surface area (Å²) < 4.78 is 6.63. The molecule has 0 aliphatic carbocycles. The number of rotatable bonds is 5. The van der Waals surface area contributed by atoms with E-state index in [-0.39, 0.29) is 12.0 Å². The van der Waals surface area contributed by atoms with E-state index in [1.165, 1.54) is 6.40 Å². The molecule has 0 spiro atoms. The molecule has 0 aliphatic rings. The minimum Gasteiger partial charge on any atom is -0.483 e. The van der Waals surface area contributed by atoms with Gasteiger partial charge in [-0.1, -0.05) is 18.2 Å². The topological polar surface area (TPSA) is 87.0 Å². The lowest BCUT2D eigenvalue weighted by Gasteiger charge is -2.03. The summed E-state index contributed by atoms with van der Waals surface area (Å²) in [5.74, 6) is 0.363. The van der Waals surface area contributed by atoms with E-state index in [4.69, 9.17) is 10.00 Å². The highest BCUT2D eigenvalue weighted by Crippen LogP contribution is 2.26. The average molecular weight is 279 g/mol. The Bertz CT molecular complexity index is 719. The van der Waals surface area contributed by atoms with Crippen LogP contribution in [-0.2, 0) is 11.2 Å². The van der Waals surface area contributed by atoms with Crippen molar-refractivity contribution in [1.29, 1.82) is 10.5 Å². The number of nitriles is 2. The Morgan fingerprint density at radius 2 is 2.10 bits per heavy atom. The Balaban J connectivity index is 2.58. The largest absolute Gasteiger partial charge is 0.483 e. The fraction of sp³-hybridized carbons (Fsp3) is 0.200. The van der Waals surface area contributed by atoms with Gasteiger partial charge in [-0.3, -0.25) is 0 Å². The van der Waals surface area contributed by atoms with Crippen molar-refractivity contribution in [2.75, 3.05) is 6.61 Å². The van der Waals surface area contributed by atoms with Crippen LogP contribution in [-0.4, -0.2) is 22.8 Å². The molecule has 0 radical (unpaired) electrons. The molecule has 1 aromatic heterocycles. The first-order valence-electron chi connectivity index (χ1n) is 6.40. The first kappa shape index (κ1) is 14.3. The molecule has 104 valence electrons. The number of nitrogens with zero attached hydrogens (tertiary/aromatic N) is 5. The Hall–Kier alpha value is -3.12. The smallest absolute Gasteiger partial charge is 0.177 e. The number of aromatic nitrogens is 2. The van der Waals surface area contributed by atoms with E-state index in [0.717, 1.165) is 5.69 Å². The third-order valence-electron chi connectivity index (χ3n) is 2.71. The number of hydrogen-bond acceptors (Lipinski definition) is 5. The van der Waals surface area contributed by atoms with Crippen LogP contribution >= 0.6 is 0 Å². The lowest BCUT2D eigenvalue weighted by atomic mass is 10.2. The Labute approximate surface area is 122 Å². The summed E-state index contributed by atoms with van der Waals surface area (Å²) in [5, 5.41) is 22.5. The predicted molar refractivity (Wildman–Crippen MR) is 77.4 cm³/mol. The normalized spacial score (nSPS) is 10.2. The standard InChI is InChI=1S/C15H13N5O/c1-2-21-11-18-15-13(10-17)14(8-9-16)19-20(15)12-6-4-3-5-7-12/h3-7,11H,2,8H2,1H3/b18-11-. The third-order valence-corrected chi connectivity index (χ3v) is 2.71. The summed E-state index contributed by atoms with van der Waals surface area (Å²) in [6.07, 6.45) is 1.34. The quantitative estimate of drug-likeness (QED) is 0.621. The van der Waals surface area contributed by atoms with Crippen LogP contribution in [0.3, 0.4) is 0 Å². The second-order valence-electron chi connectivity index (χ2n) is 4.03. The second kappa shape index (κ2) is 6.88. The molecule has 0 bridgehead atoms. The van der Waals surface area contributed by atoms with E-state index in [1.54, 1.807) is 4.68 Å². The first-order chi connectivity index (χ1) is 10.3. The van der Waals surface area contributed by atoms with Gasteiger partial charge in [0.2, 0.25) is 0 Å². The zero-order chi connectivity index (χ0) is 15.1. The molecule has 0 N–H and O–H groups in total. The summed E-state index contributed by atoms with van der Waals surface area (Å²) >= 11 is 0. The van der Waals surface area contributed by atoms with Gasteiger partial charge >= 0.3 is 0 Å². The maximum atomic E-state index is 9.32. The summed E-state index contributed by atoms with van der Waals surface area (Å²) in [4.78, 5) is 4.17. The van der Waals surface area contributed by atoms with Crippen LogP contribution in [0.5, 0.6) is 0 Å². The molecule has 0 saturated heterocycles. The Kier molecular flexibility index (Phi) is 4.68. The lowest BCUT2D eigenvalue weighted by molar-refractivity contribution is 0.343. The molecule has 6 nitrogen and oxygen atoms in total. The maximum absolute atomic E-state index is 9.32. The van der Waals surface area contributed by atoms with Crippen molar-refractivity contribution in [2.45, 2.75) is 13.3 Å². The van der Waals surface area contributed by atoms with Crippen LogP contribution in [0, 0.1) is 22.7 Å². The van der Waals surface area contributed by atoms with Crippen LogP contribution in [0.4, 0.5) is 5.82 Å². The number of hydrogen-bond donors (Lipinski definition) is 0.